The highest BCUT2D eigenvalue weighted by Gasteiger charge is 2.25. The molecule has 0 saturated heterocycles. The fraction of sp³-hybridized carbons (Fsp3) is 0.222. The molecule has 1 atom stereocenters. The van der Waals surface area contributed by atoms with Crippen molar-refractivity contribution in [3.8, 4) is 5.75 Å². The van der Waals surface area contributed by atoms with Crippen molar-refractivity contribution in [1.29, 1.82) is 0 Å². The topological polar surface area (TPSA) is 46.5 Å². The maximum Gasteiger partial charge on any atom is 0.291 e. The summed E-state index contributed by atoms with van der Waals surface area (Å²) >= 11 is 8.46. The molecule has 0 radical (unpaired) electrons. The van der Waals surface area contributed by atoms with Gasteiger partial charge in [-0.3, -0.25) is 4.79 Å². The van der Waals surface area contributed by atoms with Gasteiger partial charge in [-0.1, -0.05) is 24.4 Å². The number of carbonyl (C=O) groups excluding carboxylic acids is 1. The molecule has 15 heavy (non-hydrogen) atoms. The molecule has 0 amide bonds. The van der Waals surface area contributed by atoms with Gasteiger partial charge in [0.05, 0.1) is 5.56 Å². The molecule has 1 aromatic carbocycles. The molecule has 0 saturated carbocycles. The van der Waals surface area contributed by atoms with Crippen molar-refractivity contribution in [2.24, 2.45) is 0 Å². The average molecular weight is 260 g/mol. The average Bonchev–Trinajstić information content (AvgIpc) is 2.46. The van der Waals surface area contributed by atoms with E-state index >= 15 is 0 Å². The molecule has 1 N–H and O–H groups in total. The summed E-state index contributed by atoms with van der Waals surface area (Å²) in [5, 5.41) is 0. The summed E-state index contributed by atoms with van der Waals surface area (Å²) in [4.78, 5) is 20.9. The Morgan fingerprint density at radius 2 is 2.20 bits per heavy atom. The highest BCUT2D eigenvalue weighted by molar-refractivity contribution is 8.59. The molecule has 0 bridgehead atoms. The van der Waals surface area contributed by atoms with Crippen molar-refractivity contribution in [2.45, 2.75) is 12.8 Å². The normalized spacial score (nSPS) is 18.4. The van der Waals surface area contributed by atoms with Crippen molar-refractivity contribution in [1.82, 2.24) is 0 Å². The lowest BCUT2D eigenvalue weighted by Gasteiger charge is -2.13. The molecule has 80 valence electrons. The van der Waals surface area contributed by atoms with E-state index in [4.69, 9.17) is 4.52 Å². The second kappa shape index (κ2) is 3.91. The van der Waals surface area contributed by atoms with Crippen molar-refractivity contribution < 1.29 is 14.2 Å². The van der Waals surface area contributed by atoms with Crippen LogP contribution in [0.1, 0.15) is 22.3 Å². The molecule has 0 aliphatic heterocycles. The van der Waals surface area contributed by atoms with E-state index in [0.717, 1.165) is 12.0 Å². The van der Waals surface area contributed by atoms with Gasteiger partial charge in [-0.15, -0.1) is 0 Å². The standard InChI is InChI=1S/C9H9O3PS2/c10-7-5-4-6-2-1-3-8(9(6)7)12-13(11,14)15/h1-3H,4-5H2,(H2,11,14,15). The lowest BCUT2D eigenvalue weighted by molar-refractivity contribution is 0.0993. The number of aryl methyl sites for hydroxylation is 1. The predicted molar refractivity (Wildman–Crippen MR) is 65.2 cm³/mol. The zero-order valence-electron chi connectivity index (χ0n) is 7.71. The van der Waals surface area contributed by atoms with Gasteiger partial charge < -0.3 is 9.42 Å². The second-order valence-corrected chi connectivity index (χ2v) is 8.38. The zero-order chi connectivity index (χ0) is 11.1. The first kappa shape index (κ1) is 11.1. The minimum Gasteiger partial charge on any atom is -0.436 e. The number of rotatable bonds is 2. The minimum atomic E-state index is -3.07. The molecular formula is C9H9O3PS2. The first-order valence-electron chi connectivity index (χ1n) is 4.37. The maximum atomic E-state index is 11.6. The lowest BCUT2D eigenvalue weighted by Crippen LogP contribution is -1.97. The first-order valence-corrected chi connectivity index (χ1v) is 8.20. The summed E-state index contributed by atoms with van der Waals surface area (Å²) in [7, 11) is 0. The van der Waals surface area contributed by atoms with Crippen LogP contribution in [0, 0.1) is 0 Å². The van der Waals surface area contributed by atoms with Crippen LogP contribution in [-0.2, 0) is 18.2 Å². The Bertz CT molecular complexity index is 466. The predicted octanol–water partition coefficient (Wildman–Crippen LogP) is 2.34. The Morgan fingerprint density at radius 1 is 1.47 bits per heavy atom. The fourth-order valence-corrected chi connectivity index (χ4v) is 2.59. The smallest absolute Gasteiger partial charge is 0.291 e. The molecule has 1 unspecified atom stereocenters. The minimum absolute atomic E-state index is 0.0392. The number of hydrogen-bond donors (Lipinski definition) is 2. The van der Waals surface area contributed by atoms with Crippen LogP contribution in [0.5, 0.6) is 5.75 Å². The van der Waals surface area contributed by atoms with E-state index in [9.17, 15) is 9.69 Å². The third kappa shape index (κ3) is 2.42. The van der Waals surface area contributed by atoms with Gasteiger partial charge in [-0.05, 0) is 29.9 Å². The molecular weight excluding hydrogens is 251 g/mol. The SMILES string of the molecule is O=C1CCc2cccc(OP(O)(=S)S)c21. The Balaban J connectivity index is 2.46. The van der Waals surface area contributed by atoms with Crippen LogP contribution >= 0.6 is 17.9 Å². The highest BCUT2D eigenvalue weighted by Crippen LogP contribution is 2.49. The van der Waals surface area contributed by atoms with Crippen molar-refractivity contribution in [3.63, 3.8) is 0 Å². The molecule has 3 nitrogen and oxygen atoms in total. The third-order valence-electron chi connectivity index (χ3n) is 2.23. The Hall–Kier alpha value is -0.350. The number of Topliss-reactive ketones (excluding diaryl/α,β-unsaturated/α-hetero) is 1. The lowest BCUT2D eigenvalue weighted by atomic mass is 10.1. The molecule has 1 aliphatic rings. The van der Waals surface area contributed by atoms with Gasteiger partial charge in [0, 0.05) is 6.42 Å². The van der Waals surface area contributed by atoms with Crippen LogP contribution < -0.4 is 4.52 Å². The summed E-state index contributed by atoms with van der Waals surface area (Å²) in [6, 6.07) is 5.30. The van der Waals surface area contributed by atoms with Crippen LogP contribution in [0.15, 0.2) is 18.2 Å². The molecule has 2 rings (SSSR count). The molecule has 0 aromatic heterocycles. The van der Waals surface area contributed by atoms with E-state index in [1.54, 1.807) is 12.1 Å². The number of thiol groups is 1. The zero-order valence-corrected chi connectivity index (χ0v) is 10.3. The molecule has 0 fully saturated rings. The quantitative estimate of drug-likeness (QED) is 0.633. The van der Waals surface area contributed by atoms with E-state index in [1.165, 1.54) is 0 Å². The van der Waals surface area contributed by atoms with E-state index in [0.29, 0.717) is 17.7 Å². The van der Waals surface area contributed by atoms with Gasteiger partial charge in [0.25, 0.3) is 5.69 Å². The van der Waals surface area contributed by atoms with Gasteiger partial charge in [0.15, 0.2) is 5.78 Å². The number of fused-ring (bicyclic) bond motifs is 1. The van der Waals surface area contributed by atoms with Crippen LogP contribution in [0.3, 0.4) is 0 Å². The summed E-state index contributed by atoms with van der Waals surface area (Å²) in [6.07, 6.45) is 1.23. The van der Waals surface area contributed by atoms with E-state index in [1.807, 2.05) is 6.07 Å². The Kier molecular flexibility index (Phi) is 2.90. The highest BCUT2D eigenvalue weighted by atomic mass is 32.9. The van der Waals surface area contributed by atoms with Crippen molar-refractivity contribution in [2.75, 3.05) is 0 Å². The number of carbonyl (C=O) groups is 1. The van der Waals surface area contributed by atoms with Gasteiger partial charge in [0.2, 0.25) is 0 Å². The summed E-state index contributed by atoms with van der Waals surface area (Å²) in [5.74, 6) is 0.396. The van der Waals surface area contributed by atoms with E-state index in [-0.39, 0.29) is 5.78 Å². The first-order chi connectivity index (χ1) is 6.97. The largest absolute Gasteiger partial charge is 0.436 e. The van der Waals surface area contributed by atoms with Crippen molar-refractivity contribution in [3.05, 3.63) is 29.3 Å². The number of benzene rings is 1. The van der Waals surface area contributed by atoms with Crippen LogP contribution in [0.25, 0.3) is 0 Å². The van der Waals surface area contributed by atoms with E-state index < -0.39 is 5.69 Å². The van der Waals surface area contributed by atoms with Gasteiger partial charge in [0.1, 0.15) is 5.75 Å². The molecule has 0 heterocycles. The van der Waals surface area contributed by atoms with E-state index in [2.05, 4.69) is 24.1 Å². The summed E-state index contributed by atoms with van der Waals surface area (Å²) < 4.78 is 5.14. The summed E-state index contributed by atoms with van der Waals surface area (Å²) in [6.45, 7) is 0. The molecule has 6 heteroatoms. The third-order valence-corrected chi connectivity index (χ3v) is 3.13. The molecule has 1 aromatic rings. The fourth-order valence-electron chi connectivity index (χ4n) is 1.68. The van der Waals surface area contributed by atoms with Gasteiger partial charge in [-0.2, -0.15) is 0 Å². The van der Waals surface area contributed by atoms with Crippen molar-refractivity contribution >= 4 is 35.5 Å². The van der Waals surface area contributed by atoms with Gasteiger partial charge >= 0.3 is 0 Å². The Morgan fingerprint density at radius 3 is 2.87 bits per heavy atom. The molecule has 0 spiro atoms. The monoisotopic (exact) mass is 260 g/mol. The van der Waals surface area contributed by atoms with Gasteiger partial charge in [-0.25, -0.2) is 0 Å². The maximum absolute atomic E-state index is 11.6. The van der Waals surface area contributed by atoms with Crippen LogP contribution in [-0.4, -0.2) is 10.7 Å². The van der Waals surface area contributed by atoms with Crippen LogP contribution in [0.4, 0.5) is 0 Å². The number of hydrogen-bond acceptors (Lipinski definition) is 3. The van der Waals surface area contributed by atoms with Crippen LogP contribution in [0.2, 0.25) is 0 Å². The summed E-state index contributed by atoms with van der Waals surface area (Å²) in [5.41, 5.74) is -1.57. The number of ketones is 1. The second-order valence-electron chi connectivity index (χ2n) is 3.30. The molecule has 1 aliphatic carbocycles. The Labute approximate surface area is 97.8 Å².